The highest BCUT2D eigenvalue weighted by atomic mass is 32.2. The van der Waals surface area contributed by atoms with E-state index in [0.717, 1.165) is 23.2 Å². The van der Waals surface area contributed by atoms with E-state index in [9.17, 15) is 4.79 Å². The van der Waals surface area contributed by atoms with Gasteiger partial charge in [-0.05, 0) is 5.56 Å². The summed E-state index contributed by atoms with van der Waals surface area (Å²) in [4.78, 5) is 13.3. The van der Waals surface area contributed by atoms with Crippen molar-refractivity contribution in [3.63, 3.8) is 0 Å². The molecule has 2 rings (SSSR count). The maximum Gasteiger partial charge on any atom is 0.136 e. The molecule has 0 amide bonds. The minimum Gasteiger partial charge on any atom is -0.357 e. The molecular weight excluding hydrogens is 250 g/mol. The van der Waals surface area contributed by atoms with Crippen LogP contribution < -0.4 is 0 Å². The van der Waals surface area contributed by atoms with Gasteiger partial charge in [0.2, 0.25) is 0 Å². The van der Waals surface area contributed by atoms with Crippen LogP contribution in [0.2, 0.25) is 0 Å². The fourth-order valence-electron chi connectivity index (χ4n) is 1.75. The Bertz CT molecular complexity index is 395. The Morgan fingerprint density at radius 2 is 1.88 bits per heavy atom. The van der Waals surface area contributed by atoms with Gasteiger partial charge in [0.1, 0.15) is 10.1 Å². The summed E-state index contributed by atoms with van der Waals surface area (Å²) in [6.07, 6.45) is 1.29. The van der Waals surface area contributed by atoms with Crippen molar-refractivity contribution in [3.05, 3.63) is 35.9 Å². The molecule has 0 bridgehead atoms. The summed E-state index contributed by atoms with van der Waals surface area (Å²) < 4.78 is 0.918. The molecule has 0 aliphatic carbocycles. The maximum atomic E-state index is 11.1. The van der Waals surface area contributed by atoms with E-state index in [1.165, 1.54) is 5.56 Å². The highest BCUT2D eigenvalue weighted by Gasteiger charge is 2.18. The smallest absolute Gasteiger partial charge is 0.136 e. The number of likely N-dealkylation sites (tertiary alicyclic amines) is 1. The highest BCUT2D eigenvalue weighted by Crippen LogP contribution is 2.18. The molecule has 0 aromatic heterocycles. The van der Waals surface area contributed by atoms with Crippen molar-refractivity contribution in [1.29, 1.82) is 0 Å². The number of Topliss-reactive ketones (excluding diaryl/α,β-unsaturated/α-hetero) is 1. The van der Waals surface area contributed by atoms with Gasteiger partial charge in [-0.3, -0.25) is 4.79 Å². The van der Waals surface area contributed by atoms with Crippen molar-refractivity contribution >= 4 is 34.1 Å². The zero-order chi connectivity index (χ0) is 12.1. The molecule has 0 N–H and O–H groups in total. The number of rotatable bonds is 2. The number of carbonyl (C=O) groups is 1. The van der Waals surface area contributed by atoms with Crippen molar-refractivity contribution in [2.24, 2.45) is 0 Å². The van der Waals surface area contributed by atoms with Crippen LogP contribution >= 0.6 is 24.0 Å². The molecule has 0 spiro atoms. The molecular formula is C13H15NOS2. The Morgan fingerprint density at radius 1 is 1.24 bits per heavy atom. The van der Waals surface area contributed by atoms with Crippen molar-refractivity contribution in [3.8, 4) is 0 Å². The second-order valence-electron chi connectivity index (χ2n) is 4.07. The van der Waals surface area contributed by atoms with Crippen LogP contribution in [0, 0.1) is 0 Å². The molecule has 1 aromatic rings. The van der Waals surface area contributed by atoms with Crippen LogP contribution in [0.3, 0.4) is 0 Å². The lowest BCUT2D eigenvalue weighted by atomic mass is 10.1. The maximum absolute atomic E-state index is 11.1. The fourth-order valence-corrected chi connectivity index (χ4v) is 2.96. The Labute approximate surface area is 111 Å². The average molecular weight is 265 g/mol. The number of nitrogens with zero attached hydrogens (tertiary/aromatic N) is 1. The minimum absolute atomic E-state index is 0.358. The summed E-state index contributed by atoms with van der Waals surface area (Å²) in [6, 6.07) is 10.3. The largest absolute Gasteiger partial charge is 0.357 e. The first-order valence-corrected chi connectivity index (χ1v) is 7.12. The molecule has 1 aliphatic heterocycles. The summed E-state index contributed by atoms with van der Waals surface area (Å²) >= 11 is 7.07. The van der Waals surface area contributed by atoms with Crippen LogP contribution in [0.4, 0.5) is 0 Å². The summed E-state index contributed by atoms with van der Waals surface area (Å²) in [6.45, 7) is 1.58. The predicted octanol–water partition coefficient (Wildman–Crippen LogP) is 2.87. The lowest BCUT2D eigenvalue weighted by molar-refractivity contribution is -0.120. The third-order valence-corrected chi connectivity index (χ3v) is 4.38. The van der Waals surface area contributed by atoms with E-state index >= 15 is 0 Å². The summed E-state index contributed by atoms with van der Waals surface area (Å²) in [5.41, 5.74) is 1.29. The molecule has 0 atom stereocenters. The highest BCUT2D eigenvalue weighted by molar-refractivity contribution is 8.22. The molecule has 0 unspecified atom stereocenters. The Hall–Kier alpha value is -0.870. The summed E-state index contributed by atoms with van der Waals surface area (Å²) in [7, 11) is 0. The van der Waals surface area contributed by atoms with Crippen molar-refractivity contribution in [2.75, 3.05) is 13.1 Å². The summed E-state index contributed by atoms with van der Waals surface area (Å²) in [5.74, 6) is 1.27. The van der Waals surface area contributed by atoms with Gasteiger partial charge in [0.25, 0.3) is 0 Å². The summed E-state index contributed by atoms with van der Waals surface area (Å²) in [5, 5.41) is 0. The van der Waals surface area contributed by atoms with Gasteiger partial charge < -0.3 is 4.90 Å². The van der Waals surface area contributed by atoms with Crippen LogP contribution in [0.25, 0.3) is 0 Å². The SMILES string of the molecule is O=C1CCN(C(=S)SCc2ccccc2)CC1. The zero-order valence-corrected chi connectivity index (χ0v) is 11.2. The van der Waals surface area contributed by atoms with E-state index < -0.39 is 0 Å². The normalized spacial score (nSPS) is 16.0. The van der Waals surface area contributed by atoms with Gasteiger partial charge in [-0.2, -0.15) is 0 Å². The van der Waals surface area contributed by atoms with Gasteiger partial charge in [0, 0.05) is 31.7 Å². The van der Waals surface area contributed by atoms with Crippen molar-refractivity contribution in [2.45, 2.75) is 18.6 Å². The van der Waals surface area contributed by atoms with Crippen LogP contribution in [0.15, 0.2) is 30.3 Å². The Balaban J connectivity index is 1.80. The van der Waals surface area contributed by atoms with Crippen LogP contribution in [-0.4, -0.2) is 28.1 Å². The predicted molar refractivity (Wildman–Crippen MR) is 76.1 cm³/mol. The lowest BCUT2D eigenvalue weighted by Crippen LogP contribution is -2.36. The molecule has 1 heterocycles. The van der Waals surface area contributed by atoms with Gasteiger partial charge in [-0.15, -0.1) is 0 Å². The molecule has 2 nitrogen and oxygen atoms in total. The minimum atomic E-state index is 0.358. The van der Waals surface area contributed by atoms with Crippen LogP contribution in [0.5, 0.6) is 0 Å². The first-order valence-electron chi connectivity index (χ1n) is 5.73. The van der Waals surface area contributed by atoms with Gasteiger partial charge in [-0.25, -0.2) is 0 Å². The Morgan fingerprint density at radius 3 is 2.53 bits per heavy atom. The Kier molecular flexibility index (Phi) is 4.57. The van der Waals surface area contributed by atoms with Crippen molar-refractivity contribution < 1.29 is 4.79 Å². The number of hydrogen-bond acceptors (Lipinski definition) is 3. The molecule has 1 aromatic carbocycles. The van der Waals surface area contributed by atoms with E-state index in [0.29, 0.717) is 18.6 Å². The van der Waals surface area contributed by atoms with Gasteiger partial charge in [-0.1, -0.05) is 54.3 Å². The topological polar surface area (TPSA) is 20.3 Å². The number of carbonyl (C=O) groups excluding carboxylic acids is 1. The molecule has 0 saturated carbocycles. The molecule has 0 radical (unpaired) electrons. The monoisotopic (exact) mass is 265 g/mol. The van der Waals surface area contributed by atoms with E-state index in [4.69, 9.17) is 12.2 Å². The second-order valence-corrected chi connectivity index (χ2v) is 5.68. The standard InChI is InChI=1S/C13H15NOS2/c15-12-6-8-14(9-7-12)13(16)17-10-11-4-2-1-3-5-11/h1-5H,6-10H2. The lowest BCUT2D eigenvalue weighted by Gasteiger charge is -2.27. The molecule has 90 valence electrons. The number of benzene rings is 1. The molecule has 1 saturated heterocycles. The van der Waals surface area contributed by atoms with Crippen LogP contribution in [0.1, 0.15) is 18.4 Å². The van der Waals surface area contributed by atoms with Gasteiger partial charge in [0.05, 0.1) is 0 Å². The number of hydrogen-bond donors (Lipinski definition) is 0. The van der Waals surface area contributed by atoms with E-state index in [-0.39, 0.29) is 0 Å². The molecule has 1 aliphatic rings. The molecule has 4 heteroatoms. The molecule has 17 heavy (non-hydrogen) atoms. The number of ketones is 1. The molecule has 1 fully saturated rings. The average Bonchev–Trinajstić information content (AvgIpc) is 2.38. The first kappa shape index (κ1) is 12.6. The van der Waals surface area contributed by atoms with E-state index in [1.807, 2.05) is 18.2 Å². The van der Waals surface area contributed by atoms with Crippen LogP contribution in [-0.2, 0) is 10.5 Å². The third kappa shape index (κ3) is 3.82. The van der Waals surface area contributed by atoms with E-state index in [1.54, 1.807) is 11.8 Å². The van der Waals surface area contributed by atoms with Crippen molar-refractivity contribution in [1.82, 2.24) is 4.90 Å². The third-order valence-electron chi connectivity index (χ3n) is 2.78. The number of thioether (sulfide) groups is 1. The second kappa shape index (κ2) is 6.17. The quantitative estimate of drug-likeness (QED) is 0.766. The first-order chi connectivity index (χ1) is 8.25. The van der Waals surface area contributed by atoms with E-state index in [2.05, 4.69) is 17.0 Å². The zero-order valence-electron chi connectivity index (χ0n) is 9.59. The number of piperidine rings is 1. The van der Waals surface area contributed by atoms with Gasteiger partial charge in [0.15, 0.2) is 0 Å². The van der Waals surface area contributed by atoms with Gasteiger partial charge >= 0.3 is 0 Å². The fraction of sp³-hybridized carbons (Fsp3) is 0.385. The number of thiocarbonyl (C=S) groups is 1.